The number of alkyl halides is 3. The molecule has 17 heavy (non-hydrogen) atoms. The summed E-state index contributed by atoms with van der Waals surface area (Å²) in [6.07, 6.45) is -0.289. The Balaban J connectivity index is 2.02. The number of nitrogens with two attached hydrogens (primary N) is 1. The van der Waals surface area contributed by atoms with Crippen molar-refractivity contribution >= 4 is 0 Å². The van der Waals surface area contributed by atoms with Crippen molar-refractivity contribution in [1.82, 2.24) is 0 Å². The SMILES string of the molecule is NC1(C2(O)CCCC2)CCC(C(F)(F)F)CC1. The first-order valence-corrected chi connectivity index (χ1v) is 6.35. The third kappa shape index (κ3) is 2.32. The van der Waals surface area contributed by atoms with E-state index in [4.69, 9.17) is 5.73 Å². The monoisotopic (exact) mass is 251 g/mol. The molecule has 0 aromatic carbocycles. The van der Waals surface area contributed by atoms with E-state index in [1.807, 2.05) is 0 Å². The van der Waals surface area contributed by atoms with Gasteiger partial charge in [-0.25, -0.2) is 0 Å². The fraction of sp³-hybridized carbons (Fsp3) is 1.00. The highest BCUT2D eigenvalue weighted by Crippen LogP contribution is 2.48. The maximum atomic E-state index is 12.6. The molecule has 3 N–H and O–H groups in total. The molecule has 0 heterocycles. The molecule has 2 aliphatic rings. The summed E-state index contributed by atoms with van der Waals surface area (Å²) >= 11 is 0. The molecule has 0 bridgehead atoms. The summed E-state index contributed by atoms with van der Waals surface area (Å²) in [5.41, 5.74) is 4.46. The Hall–Kier alpha value is -0.290. The average Bonchev–Trinajstić information content (AvgIpc) is 2.66. The molecule has 0 amide bonds. The van der Waals surface area contributed by atoms with Gasteiger partial charge in [-0.1, -0.05) is 12.8 Å². The van der Waals surface area contributed by atoms with Crippen molar-refractivity contribution in [2.75, 3.05) is 0 Å². The van der Waals surface area contributed by atoms with E-state index in [9.17, 15) is 18.3 Å². The van der Waals surface area contributed by atoms with E-state index in [0.717, 1.165) is 12.8 Å². The van der Waals surface area contributed by atoms with Crippen molar-refractivity contribution in [3.05, 3.63) is 0 Å². The van der Waals surface area contributed by atoms with E-state index in [2.05, 4.69) is 0 Å². The van der Waals surface area contributed by atoms with Crippen LogP contribution in [0.5, 0.6) is 0 Å². The van der Waals surface area contributed by atoms with Crippen LogP contribution in [-0.2, 0) is 0 Å². The molecule has 0 saturated heterocycles. The van der Waals surface area contributed by atoms with Crippen molar-refractivity contribution in [2.45, 2.75) is 68.7 Å². The quantitative estimate of drug-likeness (QED) is 0.752. The number of hydrogen-bond donors (Lipinski definition) is 2. The minimum atomic E-state index is -4.11. The Labute approximate surface area is 99.4 Å². The second kappa shape index (κ2) is 4.12. The fourth-order valence-corrected chi connectivity index (χ4v) is 3.38. The first-order chi connectivity index (χ1) is 7.77. The van der Waals surface area contributed by atoms with E-state index < -0.39 is 23.2 Å². The van der Waals surface area contributed by atoms with Gasteiger partial charge in [-0.05, 0) is 38.5 Å². The molecule has 0 unspecified atom stereocenters. The molecule has 0 aliphatic heterocycles. The van der Waals surface area contributed by atoms with Gasteiger partial charge in [0.05, 0.1) is 11.5 Å². The smallest absolute Gasteiger partial charge is 0.388 e. The second-order valence-electron chi connectivity index (χ2n) is 5.71. The molecule has 0 atom stereocenters. The fourth-order valence-electron chi connectivity index (χ4n) is 3.38. The van der Waals surface area contributed by atoms with Crippen molar-refractivity contribution in [1.29, 1.82) is 0 Å². The van der Waals surface area contributed by atoms with Gasteiger partial charge in [0.2, 0.25) is 0 Å². The number of hydrogen-bond acceptors (Lipinski definition) is 2. The van der Waals surface area contributed by atoms with E-state index in [-0.39, 0.29) is 25.7 Å². The van der Waals surface area contributed by atoms with Crippen LogP contribution in [-0.4, -0.2) is 22.4 Å². The number of aliphatic hydroxyl groups is 1. The first-order valence-electron chi connectivity index (χ1n) is 6.35. The predicted octanol–water partition coefficient (Wildman–Crippen LogP) is 2.74. The molecule has 0 spiro atoms. The molecular formula is C12H20F3NO. The topological polar surface area (TPSA) is 46.2 Å². The Morgan fingerprint density at radius 1 is 1.00 bits per heavy atom. The standard InChI is InChI=1S/C12H20F3NO/c13-12(14,15)9-3-7-10(16,8-4-9)11(17)5-1-2-6-11/h9,17H,1-8,16H2. The summed E-state index contributed by atoms with van der Waals surface area (Å²) in [6, 6.07) is 0. The third-order valence-corrected chi connectivity index (χ3v) is 4.70. The normalized spacial score (nSPS) is 38.3. The van der Waals surface area contributed by atoms with E-state index in [1.54, 1.807) is 0 Å². The highest BCUT2D eigenvalue weighted by molar-refractivity contribution is 5.08. The summed E-state index contributed by atoms with van der Waals surface area (Å²) in [4.78, 5) is 0. The van der Waals surface area contributed by atoms with Crippen molar-refractivity contribution in [3.63, 3.8) is 0 Å². The van der Waals surface area contributed by atoms with Gasteiger partial charge in [-0.2, -0.15) is 13.2 Å². The lowest BCUT2D eigenvalue weighted by molar-refractivity contribution is -0.190. The van der Waals surface area contributed by atoms with Gasteiger partial charge in [0.25, 0.3) is 0 Å². The lowest BCUT2D eigenvalue weighted by Gasteiger charge is -2.47. The van der Waals surface area contributed by atoms with Crippen molar-refractivity contribution < 1.29 is 18.3 Å². The van der Waals surface area contributed by atoms with Crippen LogP contribution < -0.4 is 5.73 Å². The van der Waals surface area contributed by atoms with Gasteiger partial charge in [-0.15, -0.1) is 0 Å². The molecule has 0 aromatic heterocycles. The number of halogens is 3. The Morgan fingerprint density at radius 3 is 1.88 bits per heavy atom. The lowest BCUT2D eigenvalue weighted by Crippen LogP contribution is -2.61. The highest BCUT2D eigenvalue weighted by Gasteiger charge is 2.53. The van der Waals surface area contributed by atoms with Crippen LogP contribution in [0.4, 0.5) is 13.2 Å². The molecular weight excluding hydrogens is 231 g/mol. The summed E-state index contributed by atoms with van der Waals surface area (Å²) in [7, 11) is 0. The summed E-state index contributed by atoms with van der Waals surface area (Å²) < 4.78 is 37.7. The van der Waals surface area contributed by atoms with Crippen molar-refractivity contribution in [3.8, 4) is 0 Å². The molecule has 100 valence electrons. The zero-order valence-corrected chi connectivity index (χ0v) is 9.89. The first kappa shape index (κ1) is 13.1. The molecule has 2 rings (SSSR count). The van der Waals surface area contributed by atoms with Gasteiger partial charge in [0.15, 0.2) is 0 Å². The average molecular weight is 251 g/mol. The Kier molecular flexibility index (Phi) is 3.19. The van der Waals surface area contributed by atoms with Crippen LogP contribution in [0, 0.1) is 5.92 Å². The molecule has 5 heteroatoms. The zero-order valence-electron chi connectivity index (χ0n) is 9.89. The third-order valence-electron chi connectivity index (χ3n) is 4.70. The molecule has 2 nitrogen and oxygen atoms in total. The van der Waals surface area contributed by atoms with E-state index >= 15 is 0 Å². The van der Waals surface area contributed by atoms with Gasteiger partial charge < -0.3 is 10.8 Å². The molecule has 2 fully saturated rings. The summed E-state index contributed by atoms with van der Waals surface area (Å²) in [5, 5.41) is 10.5. The van der Waals surface area contributed by atoms with Crippen LogP contribution in [0.3, 0.4) is 0 Å². The Bertz CT molecular complexity index is 276. The van der Waals surface area contributed by atoms with Crippen LogP contribution in [0.1, 0.15) is 51.4 Å². The van der Waals surface area contributed by atoms with Crippen LogP contribution in [0.2, 0.25) is 0 Å². The van der Waals surface area contributed by atoms with E-state index in [1.165, 1.54) is 0 Å². The van der Waals surface area contributed by atoms with Crippen LogP contribution >= 0.6 is 0 Å². The van der Waals surface area contributed by atoms with E-state index in [0.29, 0.717) is 12.8 Å². The van der Waals surface area contributed by atoms with Gasteiger partial charge in [0, 0.05) is 5.54 Å². The van der Waals surface area contributed by atoms with Crippen LogP contribution in [0.15, 0.2) is 0 Å². The lowest BCUT2D eigenvalue weighted by atomic mass is 9.67. The predicted molar refractivity (Wildman–Crippen MR) is 58.3 cm³/mol. The minimum absolute atomic E-state index is 0.0578. The zero-order chi connectivity index (χ0) is 12.7. The Morgan fingerprint density at radius 2 is 1.47 bits per heavy atom. The van der Waals surface area contributed by atoms with Crippen LogP contribution in [0.25, 0.3) is 0 Å². The summed E-state index contributed by atoms with van der Waals surface area (Å²) in [6.45, 7) is 0. The number of rotatable bonds is 1. The summed E-state index contributed by atoms with van der Waals surface area (Å²) in [5.74, 6) is -1.23. The minimum Gasteiger partial charge on any atom is -0.388 e. The van der Waals surface area contributed by atoms with Crippen molar-refractivity contribution in [2.24, 2.45) is 11.7 Å². The molecule has 0 radical (unpaired) electrons. The molecule has 2 saturated carbocycles. The van der Waals surface area contributed by atoms with Gasteiger partial charge >= 0.3 is 6.18 Å². The second-order valence-corrected chi connectivity index (χ2v) is 5.71. The molecule has 0 aromatic rings. The van der Waals surface area contributed by atoms with Gasteiger partial charge in [-0.3, -0.25) is 0 Å². The maximum Gasteiger partial charge on any atom is 0.391 e. The van der Waals surface area contributed by atoms with Gasteiger partial charge in [0.1, 0.15) is 0 Å². The molecule has 2 aliphatic carbocycles. The largest absolute Gasteiger partial charge is 0.391 e. The maximum absolute atomic E-state index is 12.6. The highest BCUT2D eigenvalue weighted by atomic mass is 19.4.